The first-order chi connectivity index (χ1) is 18.0. The summed E-state index contributed by atoms with van der Waals surface area (Å²) < 4.78 is 4.91. The van der Waals surface area contributed by atoms with Gasteiger partial charge in [-0.2, -0.15) is 0 Å². The van der Waals surface area contributed by atoms with Gasteiger partial charge >= 0.3 is 5.97 Å². The molecule has 2 aromatic carbocycles. The van der Waals surface area contributed by atoms with Crippen LogP contribution in [0.4, 0.5) is 0 Å². The summed E-state index contributed by atoms with van der Waals surface area (Å²) in [6, 6.07) is 16.6. The van der Waals surface area contributed by atoms with E-state index >= 15 is 0 Å². The van der Waals surface area contributed by atoms with Crippen LogP contribution in [0.3, 0.4) is 0 Å². The smallest absolute Gasteiger partial charge is 0.337 e. The summed E-state index contributed by atoms with van der Waals surface area (Å²) in [7, 11) is 3.45. The van der Waals surface area contributed by atoms with Gasteiger partial charge in [0.1, 0.15) is 0 Å². The number of ether oxygens (including phenoxy) is 1. The van der Waals surface area contributed by atoms with Crippen molar-refractivity contribution in [2.45, 2.75) is 43.9 Å². The van der Waals surface area contributed by atoms with E-state index in [4.69, 9.17) is 4.74 Å². The number of thioether (sulfide) groups is 1. The molecule has 4 heteroatoms. The molecule has 0 spiro atoms. The number of hydrogen-bond donors (Lipinski definition) is 0. The average Bonchev–Trinajstić information content (AvgIpc) is 3.67. The molecule has 190 valence electrons. The standard InChI is InChI=1S/C33H35NO2S/c1-23-20-29(23)15-12-27-11-10-26-6-4-5-7-31(26)37-32(27)22-30(21-24-16-18-34(2)19-17-24)25-8-13-28(14-9-25)33(35)36-3/h4-9,13-14,16-19,21-23,29H,10-12,15,20H2,1-3H3/b30-22-. The van der Waals surface area contributed by atoms with Crippen molar-refractivity contribution >= 4 is 23.3 Å². The second kappa shape index (κ2) is 11.4. The maximum atomic E-state index is 12.0. The number of hydrogen-bond acceptors (Lipinski definition) is 4. The zero-order chi connectivity index (χ0) is 25.8. The van der Waals surface area contributed by atoms with Crippen LogP contribution in [-0.2, 0) is 11.2 Å². The predicted molar refractivity (Wildman–Crippen MR) is 154 cm³/mol. The molecule has 3 nitrogen and oxygen atoms in total. The fraction of sp³-hybridized carbons (Fsp3) is 0.303. The fourth-order valence-corrected chi connectivity index (χ4v) is 6.22. The lowest BCUT2D eigenvalue weighted by molar-refractivity contribution is 0.0600. The van der Waals surface area contributed by atoms with Crippen molar-refractivity contribution in [2.24, 2.45) is 11.8 Å². The highest BCUT2D eigenvalue weighted by Gasteiger charge is 2.32. The van der Waals surface area contributed by atoms with Gasteiger partial charge in [-0.3, -0.25) is 0 Å². The van der Waals surface area contributed by atoms with E-state index in [0.717, 1.165) is 47.8 Å². The van der Waals surface area contributed by atoms with E-state index in [-0.39, 0.29) is 5.97 Å². The zero-order valence-electron chi connectivity index (χ0n) is 21.9. The number of carbonyl (C=O) groups excluding carboxylic acids is 1. The maximum Gasteiger partial charge on any atom is 0.337 e. The van der Waals surface area contributed by atoms with Crippen molar-refractivity contribution in [3.8, 4) is 0 Å². The molecule has 2 unspecified atom stereocenters. The highest BCUT2D eigenvalue weighted by atomic mass is 32.2. The average molecular weight is 510 g/mol. The third kappa shape index (κ3) is 6.37. The van der Waals surface area contributed by atoms with E-state index in [1.165, 1.54) is 35.3 Å². The van der Waals surface area contributed by atoms with Gasteiger partial charge in [-0.15, -0.1) is 0 Å². The fourth-order valence-electron chi connectivity index (χ4n) is 5.00. The highest BCUT2D eigenvalue weighted by Crippen LogP contribution is 2.45. The van der Waals surface area contributed by atoms with Crippen LogP contribution in [0.1, 0.15) is 54.1 Å². The van der Waals surface area contributed by atoms with Crippen LogP contribution in [0, 0.1) is 11.8 Å². The number of allylic oxidation sites excluding steroid dienone is 7. The summed E-state index contributed by atoms with van der Waals surface area (Å²) in [4.78, 5) is 16.8. The third-order valence-electron chi connectivity index (χ3n) is 7.58. The molecular weight excluding hydrogens is 474 g/mol. The number of methoxy groups -OCH3 is 1. The Morgan fingerprint density at radius 1 is 1.05 bits per heavy atom. The van der Waals surface area contributed by atoms with Crippen molar-refractivity contribution in [3.63, 3.8) is 0 Å². The Balaban J connectivity index is 1.56. The van der Waals surface area contributed by atoms with Crippen molar-refractivity contribution in [2.75, 3.05) is 14.2 Å². The molecule has 2 aliphatic heterocycles. The maximum absolute atomic E-state index is 12.0. The van der Waals surface area contributed by atoms with Crippen LogP contribution in [0.5, 0.6) is 0 Å². The molecular formula is C33H35NO2S. The first-order valence-corrected chi connectivity index (χ1v) is 14.0. The number of carbonyl (C=O) groups is 1. The second-order valence-corrected chi connectivity index (χ2v) is 11.4. The summed E-state index contributed by atoms with van der Waals surface area (Å²) in [6.45, 7) is 2.38. The first kappa shape index (κ1) is 25.4. The SMILES string of the molecule is COC(=O)c1ccc(/C(C=C2C=CN(C)C=C2)=C\C2=C(CCC3CC3C)CCc3ccccc3S2)cc1. The topological polar surface area (TPSA) is 29.5 Å². The summed E-state index contributed by atoms with van der Waals surface area (Å²) in [5.41, 5.74) is 6.95. The number of fused-ring (bicyclic) bond motifs is 1. The molecule has 37 heavy (non-hydrogen) atoms. The van der Waals surface area contributed by atoms with Crippen LogP contribution in [0.15, 0.2) is 106 Å². The van der Waals surface area contributed by atoms with Gasteiger partial charge in [0.25, 0.3) is 0 Å². The number of esters is 1. The van der Waals surface area contributed by atoms with E-state index in [0.29, 0.717) is 5.56 Å². The van der Waals surface area contributed by atoms with Crippen molar-refractivity contribution in [1.82, 2.24) is 4.90 Å². The molecule has 3 aliphatic rings. The Morgan fingerprint density at radius 3 is 2.46 bits per heavy atom. The van der Waals surface area contributed by atoms with Gasteiger partial charge in [-0.1, -0.05) is 54.6 Å². The van der Waals surface area contributed by atoms with Gasteiger partial charge in [-0.25, -0.2) is 4.79 Å². The van der Waals surface area contributed by atoms with Gasteiger partial charge in [0, 0.05) is 29.2 Å². The van der Waals surface area contributed by atoms with E-state index in [2.05, 4.69) is 67.9 Å². The molecule has 0 amide bonds. The molecule has 2 atom stereocenters. The number of aryl methyl sites for hydroxylation is 1. The van der Waals surface area contributed by atoms with E-state index in [1.807, 2.05) is 48.0 Å². The summed E-state index contributed by atoms with van der Waals surface area (Å²) >= 11 is 1.91. The van der Waals surface area contributed by atoms with Crippen LogP contribution < -0.4 is 0 Å². The minimum absolute atomic E-state index is 0.313. The van der Waals surface area contributed by atoms with Gasteiger partial charge in [0.2, 0.25) is 0 Å². The molecule has 1 saturated carbocycles. The minimum atomic E-state index is -0.313. The number of benzene rings is 2. The van der Waals surface area contributed by atoms with Gasteiger partial charge in [0.05, 0.1) is 12.7 Å². The molecule has 1 fully saturated rings. The Kier molecular flexibility index (Phi) is 7.85. The Labute approximate surface area is 225 Å². The van der Waals surface area contributed by atoms with Crippen molar-refractivity contribution in [1.29, 1.82) is 0 Å². The molecule has 2 heterocycles. The number of nitrogens with zero attached hydrogens (tertiary/aromatic N) is 1. The van der Waals surface area contributed by atoms with Gasteiger partial charge < -0.3 is 9.64 Å². The molecule has 0 aromatic heterocycles. The minimum Gasteiger partial charge on any atom is -0.465 e. The predicted octanol–water partition coefficient (Wildman–Crippen LogP) is 8.18. The Hall–Kier alpha value is -3.24. The van der Waals surface area contributed by atoms with Gasteiger partial charge in [-0.05, 0) is 109 Å². The van der Waals surface area contributed by atoms with E-state index in [9.17, 15) is 4.79 Å². The molecule has 5 rings (SSSR count). The monoisotopic (exact) mass is 509 g/mol. The van der Waals surface area contributed by atoms with Crippen LogP contribution in [0.25, 0.3) is 5.57 Å². The second-order valence-electron chi connectivity index (χ2n) is 10.3. The van der Waals surface area contributed by atoms with Gasteiger partial charge in [0.15, 0.2) is 0 Å². The lowest BCUT2D eigenvalue weighted by Gasteiger charge is -2.14. The summed E-state index contributed by atoms with van der Waals surface area (Å²) in [5, 5.41) is 0. The van der Waals surface area contributed by atoms with E-state index < -0.39 is 0 Å². The summed E-state index contributed by atoms with van der Waals surface area (Å²) in [5.74, 6) is 1.45. The summed E-state index contributed by atoms with van der Waals surface area (Å²) in [6.07, 6.45) is 19.1. The molecule has 1 aliphatic carbocycles. The van der Waals surface area contributed by atoms with Crippen LogP contribution in [-0.4, -0.2) is 25.0 Å². The highest BCUT2D eigenvalue weighted by molar-refractivity contribution is 8.03. The molecule has 0 N–H and O–H groups in total. The first-order valence-electron chi connectivity index (χ1n) is 13.2. The molecule has 0 bridgehead atoms. The largest absolute Gasteiger partial charge is 0.465 e. The van der Waals surface area contributed by atoms with E-state index in [1.54, 1.807) is 5.57 Å². The van der Waals surface area contributed by atoms with Crippen molar-refractivity contribution in [3.05, 3.63) is 118 Å². The Bertz CT molecular complexity index is 1300. The normalized spacial score (nSPS) is 21.0. The third-order valence-corrected chi connectivity index (χ3v) is 8.83. The van der Waals surface area contributed by atoms with Crippen LogP contribution >= 0.6 is 11.8 Å². The molecule has 0 radical (unpaired) electrons. The zero-order valence-corrected chi connectivity index (χ0v) is 22.8. The molecule has 2 aromatic rings. The quantitative estimate of drug-likeness (QED) is 0.352. The van der Waals surface area contributed by atoms with Crippen molar-refractivity contribution < 1.29 is 9.53 Å². The van der Waals surface area contributed by atoms with Crippen LogP contribution in [0.2, 0.25) is 0 Å². The lowest BCUT2D eigenvalue weighted by Crippen LogP contribution is -2.03. The Morgan fingerprint density at radius 2 is 1.76 bits per heavy atom. The lowest BCUT2D eigenvalue weighted by atomic mass is 9.96. The number of rotatable bonds is 7. The molecule has 0 saturated heterocycles.